The van der Waals surface area contributed by atoms with Crippen LogP contribution in [0, 0.1) is 0 Å². The van der Waals surface area contributed by atoms with Crippen LogP contribution in [-0.4, -0.2) is 36.0 Å². The third-order valence-electron chi connectivity index (χ3n) is 4.74. The molecule has 0 aromatic heterocycles. The van der Waals surface area contributed by atoms with Crippen LogP contribution in [0.5, 0.6) is 0 Å². The number of benzene rings is 3. The van der Waals surface area contributed by atoms with Crippen molar-refractivity contribution in [1.29, 1.82) is 0 Å². The quantitative estimate of drug-likeness (QED) is 0.430. The normalized spacial score (nSPS) is 11.4. The van der Waals surface area contributed by atoms with Crippen LogP contribution in [0.25, 0.3) is 0 Å². The van der Waals surface area contributed by atoms with Crippen LogP contribution in [0.3, 0.4) is 0 Å². The largest absolute Gasteiger partial charge is 0.345 e. The number of anilines is 1. The number of halogens is 1. The van der Waals surface area contributed by atoms with Crippen LogP contribution in [0.1, 0.15) is 28.4 Å². The topological polar surface area (TPSA) is 78.5 Å². The van der Waals surface area contributed by atoms with Crippen molar-refractivity contribution in [2.45, 2.75) is 17.4 Å². The highest BCUT2D eigenvalue weighted by Crippen LogP contribution is 2.29. The first-order chi connectivity index (χ1) is 15.8. The van der Waals surface area contributed by atoms with Gasteiger partial charge in [-0.2, -0.15) is 0 Å². The fraction of sp³-hybridized carbons (Fsp3) is 0.160. The van der Waals surface area contributed by atoms with Crippen molar-refractivity contribution in [2.75, 3.05) is 19.4 Å². The summed E-state index contributed by atoms with van der Waals surface area (Å²) in [6.07, 6.45) is 0.000827. The molecule has 0 aliphatic rings. The summed E-state index contributed by atoms with van der Waals surface area (Å²) in [4.78, 5) is 40.0. The maximum atomic E-state index is 13.0. The highest BCUT2D eigenvalue weighted by Gasteiger charge is 2.21. The molecular formula is C25H24ClN3O3S. The fourth-order valence-electron chi connectivity index (χ4n) is 3.05. The lowest BCUT2D eigenvalue weighted by atomic mass is 10.0. The van der Waals surface area contributed by atoms with Crippen LogP contribution in [0.4, 0.5) is 10.5 Å². The Morgan fingerprint density at radius 2 is 1.55 bits per heavy atom. The van der Waals surface area contributed by atoms with Gasteiger partial charge < -0.3 is 15.5 Å². The van der Waals surface area contributed by atoms with Gasteiger partial charge in [0.2, 0.25) is 5.91 Å². The number of thioether (sulfide) groups is 1. The Hall–Kier alpha value is -3.29. The number of carbonyl (C=O) groups is 3. The molecule has 0 fully saturated rings. The molecule has 0 spiro atoms. The molecule has 2 N–H and O–H groups in total. The molecule has 0 heterocycles. The molecule has 0 saturated heterocycles. The molecule has 170 valence electrons. The molecule has 1 unspecified atom stereocenters. The van der Waals surface area contributed by atoms with Gasteiger partial charge in [0.15, 0.2) is 0 Å². The predicted molar refractivity (Wildman–Crippen MR) is 133 cm³/mol. The molecule has 0 bridgehead atoms. The molecule has 3 aromatic rings. The molecule has 1 atom stereocenters. The van der Waals surface area contributed by atoms with Crippen LogP contribution in [0.2, 0.25) is 5.02 Å². The van der Waals surface area contributed by atoms with E-state index in [1.807, 2.05) is 30.3 Å². The molecule has 6 nitrogen and oxygen atoms in total. The van der Waals surface area contributed by atoms with Crippen molar-refractivity contribution in [2.24, 2.45) is 0 Å². The Morgan fingerprint density at radius 1 is 0.909 bits per heavy atom. The summed E-state index contributed by atoms with van der Waals surface area (Å²) in [5.74, 6) is -0.663. The SMILES string of the molecule is CN(C)C(=O)Sc1ccccc1NC(=O)CC(NC(=O)c1ccccc1Cl)c1ccccc1. The van der Waals surface area contributed by atoms with Crippen molar-refractivity contribution >= 4 is 46.1 Å². The molecule has 3 rings (SSSR count). The summed E-state index contributed by atoms with van der Waals surface area (Å²) >= 11 is 7.20. The number of carbonyl (C=O) groups excluding carboxylic acids is 3. The standard InChI is InChI=1S/C25H24ClN3O3S/c1-29(2)25(32)33-22-15-9-8-14-20(22)27-23(30)16-21(17-10-4-3-5-11-17)28-24(31)18-12-6-7-13-19(18)26/h3-15,21H,16H2,1-2H3,(H,27,30)(H,28,31). The van der Waals surface area contributed by atoms with Crippen molar-refractivity contribution in [1.82, 2.24) is 10.2 Å². The zero-order valence-corrected chi connectivity index (χ0v) is 19.8. The number of hydrogen-bond acceptors (Lipinski definition) is 4. The molecule has 0 aliphatic heterocycles. The summed E-state index contributed by atoms with van der Waals surface area (Å²) in [6.45, 7) is 0. The van der Waals surface area contributed by atoms with E-state index in [1.165, 1.54) is 4.90 Å². The van der Waals surface area contributed by atoms with Gasteiger partial charge in [-0.25, -0.2) is 0 Å². The Balaban J connectivity index is 1.77. The van der Waals surface area contributed by atoms with E-state index in [9.17, 15) is 14.4 Å². The number of nitrogens with one attached hydrogen (secondary N) is 2. The zero-order valence-electron chi connectivity index (χ0n) is 18.2. The second-order valence-corrected chi connectivity index (χ2v) is 8.83. The van der Waals surface area contributed by atoms with E-state index in [0.717, 1.165) is 17.3 Å². The van der Waals surface area contributed by atoms with Crippen LogP contribution >= 0.6 is 23.4 Å². The molecule has 0 saturated carbocycles. The average Bonchev–Trinajstić information content (AvgIpc) is 2.80. The van der Waals surface area contributed by atoms with E-state index in [1.54, 1.807) is 62.6 Å². The van der Waals surface area contributed by atoms with E-state index >= 15 is 0 Å². The van der Waals surface area contributed by atoms with Gasteiger partial charge in [-0.3, -0.25) is 14.4 Å². The smallest absolute Gasteiger partial charge is 0.286 e. The van der Waals surface area contributed by atoms with Crippen LogP contribution in [-0.2, 0) is 4.79 Å². The number of para-hydroxylation sites is 1. The van der Waals surface area contributed by atoms with Gasteiger partial charge in [0, 0.05) is 19.0 Å². The average molecular weight is 482 g/mol. The Morgan fingerprint density at radius 3 is 2.24 bits per heavy atom. The van der Waals surface area contributed by atoms with Crippen LogP contribution in [0.15, 0.2) is 83.8 Å². The van der Waals surface area contributed by atoms with Gasteiger partial charge in [0.1, 0.15) is 0 Å². The molecular weight excluding hydrogens is 458 g/mol. The van der Waals surface area contributed by atoms with Gasteiger partial charge >= 0.3 is 0 Å². The molecule has 0 aliphatic carbocycles. The maximum absolute atomic E-state index is 13.0. The third-order valence-corrected chi connectivity index (χ3v) is 6.18. The van der Waals surface area contributed by atoms with E-state index in [4.69, 9.17) is 11.6 Å². The number of amides is 3. The van der Waals surface area contributed by atoms with Gasteiger partial charge in [0.25, 0.3) is 11.1 Å². The van der Waals surface area contributed by atoms with Crippen LogP contribution < -0.4 is 10.6 Å². The van der Waals surface area contributed by atoms with Gasteiger partial charge in [-0.1, -0.05) is 66.2 Å². The summed E-state index contributed by atoms with van der Waals surface area (Å²) < 4.78 is 0. The molecule has 0 radical (unpaired) electrons. The Labute approximate surface area is 202 Å². The summed E-state index contributed by atoms with van der Waals surface area (Å²) in [5.41, 5.74) is 1.66. The second kappa shape index (κ2) is 11.5. The van der Waals surface area contributed by atoms with E-state index in [2.05, 4.69) is 10.6 Å². The first-order valence-electron chi connectivity index (χ1n) is 10.2. The van der Waals surface area contributed by atoms with Crippen molar-refractivity contribution in [3.05, 3.63) is 95.0 Å². The zero-order chi connectivity index (χ0) is 23.8. The first kappa shape index (κ1) is 24.4. The van der Waals surface area contributed by atoms with Crippen molar-refractivity contribution in [3.8, 4) is 0 Å². The Kier molecular flexibility index (Phi) is 8.52. The fourth-order valence-corrected chi connectivity index (χ4v) is 4.02. The number of hydrogen-bond donors (Lipinski definition) is 2. The van der Waals surface area contributed by atoms with Gasteiger partial charge in [0.05, 0.1) is 28.7 Å². The maximum Gasteiger partial charge on any atom is 0.286 e. The van der Waals surface area contributed by atoms with Crippen molar-refractivity contribution < 1.29 is 14.4 Å². The lowest BCUT2D eigenvalue weighted by molar-refractivity contribution is -0.116. The predicted octanol–water partition coefficient (Wildman–Crippen LogP) is 5.61. The van der Waals surface area contributed by atoms with Gasteiger partial charge in [-0.15, -0.1) is 0 Å². The molecule has 33 heavy (non-hydrogen) atoms. The van der Waals surface area contributed by atoms with Crippen molar-refractivity contribution in [3.63, 3.8) is 0 Å². The lowest BCUT2D eigenvalue weighted by Gasteiger charge is -2.20. The highest BCUT2D eigenvalue weighted by molar-refractivity contribution is 8.13. The number of nitrogens with zero attached hydrogens (tertiary/aromatic N) is 1. The number of rotatable bonds is 7. The van der Waals surface area contributed by atoms with Gasteiger partial charge in [-0.05, 0) is 41.6 Å². The minimum absolute atomic E-state index is 0.000827. The molecule has 8 heteroatoms. The molecule has 3 amide bonds. The minimum Gasteiger partial charge on any atom is -0.345 e. The third kappa shape index (κ3) is 6.84. The first-order valence-corrected chi connectivity index (χ1v) is 11.4. The molecule has 3 aromatic carbocycles. The van der Waals surface area contributed by atoms with E-state index in [-0.39, 0.29) is 23.5 Å². The van der Waals surface area contributed by atoms with E-state index in [0.29, 0.717) is 21.2 Å². The highest BCUT2D eigenvalue weighted by atomic mass is 35.5. The summed E-state index contributed by atoms with van der Waals surface area (Å²) in [6, 6.07) is 22.6. The Bertz CT molecular complexity index is 1140. The lowest BCUT2D eigenvalue weighted by Crippen LogP contribution is -2.31. The second-order valence-electron chi connectivity index (χ2n) is 7.43. The summed E-state index contributed by atoms with van der Waals surface area (Å²) in [5, 5.41) is 5.98. The summed E-state index contributed by atoms with van der Waals surface area (Å²) in [7, 11) is 3.34. The monoisotopic (exact) mass is 481 g/mol. The minimum atomic E-state index is -0.571. The van der Waals surface area contributed by atoms with E-state index < -0.39 is 6.04 Å².